The van der Waals surface area contributed by atoms with Gasteiger partial charge in [0.15, 0.2) is 0 Å². The second kappa shape index (κ2) is 12.4. The van der Waals surface area contributed by atoms with Crippen molar-refractivity contribution >= 4 is 11.9 Å². The number of nitrogens with zero attached hydrogens (tertiary/aromatic N) is 2. The van der Waals surface area contributed by atoms with E-state index in [4.69, 9.17) is 9.47 Å². The molecule has 0 bridgehead atoms. The number of amides is 1. The molecular weight excluding hydrogens is 566 g/mol. The summed E-state index contributed by atoms with van der Waals surface area (Å²) in [6, 6.07) is 14.5. The van der Waals surface area contributed by atoms with Crippen LogP contribution in [-0.4, -0.2) is 61.6 Å². The summed E-state index contributed by atoms with van der Waals surface area (Å²) in [5, 5.41) is 0. The molecule has 4 rings (SSSR count). The number of esters is 1. The quantitative estimate of drug-likeness (QED) is 0.245. The molecule has 6 nitrogen and oxygen atoms in total. The summed E-state index contributed by atoms with van der Waals surface area (Å²) in [6.45, 7) is 1.26. The summed E-state index contributed by atoms with van der Waals surface area (Å²) < 4.78 is 91.1. The van der Waals surface area contributed by atoms with Crippen LogP contribution >= 0.6 is 0 Å². The SMILES string of the molecule is COC(=O)c1ccc(C[C@@H]2CN(Cc3ccccc3)CCN2C(=O)c2cc(C(F)(F)F)cc(C(F)(F)F)c2)cc1OC. The van der Waals surface area contributed by atoms with Crippen LogP contribution in [0.25, 0.3) is 0 Å². The Morgan fingerprint density at radius 3 is 2.05 bits per heavy atom. The monoisotopic (exact) mass is 594 g/mol. The number of halogens is 6. The highest BCUT2D eigenvalue weighted by atomic mass is 19.4. The fourth-order valence-electron chi connectivity index (χ4n) is 5.00. The molecule has 0 N–H and O–H groups in total. The van der Waals surface area contributed by atoms with E-state index in [1.54, 1.807) is 12.1 Å². The van der Waals surface area contributed by atoms with Crippen LogP contribution in [0.2, 0.25) is 0 Å². The van der Waals surface area contributed by atoms with Crippen LogP contribution in [0, 0.1) is 0 Å². The standard InChI is InChI=1S/C30H28F6N2O4/c1-41-26-13-20(8-9-25(26)28(40)42-2)12-24-18-37(17-19-6-4-3-5-7-19)10-11-38(24)27(39)21-14-22(29(31,32)33)16-23(15-21)30(34,35)36/h3-9,13-16,24H,10-12,17-18H2,1-2H3/t24-/m1/s1. The first-order valence-corrected chi connectivity index (χ1v) is 12.9. The Morgan fingerprint density at radius 1 is 0.833 bits per heavy atom. The van der Waals surface area contributed by atoms with Gasteiger partial charge in [0, 0.05) is 37.8 Å². The fraction of sp³-hybridized carbons (Fsp3) is 0.333. The van der Waals surface area contributed by atoms with Gasteiger partial charge in [-0.3, -0.25) is 9.69 Å². The summed E-state index contributed by atoms with van der Waals surface area (Å²) in [5.41, 5.74) is -1.98. The van der Waals surface area contributed by atoms with E-state index in [-0.39, 0.29) is 30.3 Å². The van der Waals surface area contributed by atoms with E-state index in [1.165, 1.54) is 25.2 Å². The van der Waals surface area contributed by atoms with Gasteiger partial charge in [-0.05, 0) is 47.9 Å². The smallest absolute Gasteiger partial charge is 0.416 e. The highest BCUT2D eigenvalue weighted by Gasteiger charge is 2.39. The van der Waals surface area contributed by atoms with Crippen LogP contribution in [-0.2, 0) is 30.1 Å². The lowest BCUT2D eigenvalue weighted by Gasteiger charge is -2.42. The first-order chi connectivity index (χ1) is 19.8. The summed E-state index contributed by atoms with van der Waals surface area (Å²) >= 11 is 0. The third kappa shape index (κ3) is 7.22. The van der Waals surface area contributed by atoms with Crippen molar-refractivity contribution in [3.05, 3.63) is 100 Å². The number of hydrogen-bond acceptors (Lipinski definition) is 5. The Balaban J connectivity index is 1.69. The summed E-state index contributed by atoms with van der Waals surface area (Å²) in [4.78, 5) is 29.1. The molecule has 1 aliphatic rings. The molecule has 0 aliphatic carbocycles. The van der Waals surface area contributed by atoms with Crippen molar-refractivity contribution in [2.75, 3.05) is 33.9 Å². The number of benzene rings is 3. The van der Waals surface area contributed by atoms with Gasteiger partial charge in [-0.15, -0.1) is 0 Å². The van der Waals surface area contributed by atoms with Gasteiger partial charge in [0.2, 0.25) is 0 Å². The molecule has 3 aromatic carbocycles. The molecule has 1 heterocycles. The van der Waals surface area contributed by atoms with Crippen LogP contribution in [0.3, 0.4) is 0 Å². The van der Waals surface area contributed by atoms with Crippen molar-refractivity contribution in [3.8, 4) is 5.75 Å². The van der Waals surface area contributed by atoms with Crippen molar-refractivity contribution in [1.82, 2.24) is 9.80 Å². The maximum Gasteiger partial charge on any atom is 0.416 e. The predicted molar refractivity (Wildman–Crippen MR) is 141 cm³/mol. The number of rotatable bonds is 7. The zero-order valence-electron chi connectivity index (χ0n) is 22.8. The molecule has 42 heavy (non-hydrogen) atoms. The number of methoxy groups -OCH3 is 2. The van der Waals surface area contributed by atoms with Gasteiger partial charge in [0.05, 0.1) is 25.3 Å². The third-order valence-corrected chi connectivity index (χ3v) is 7.05. The van der Waals surface area contributed by atoms with Crippen molar-refractivity contribution < 1.29 is 45.4 Å². The van der Waals surface area contributed by atoms with Gasteiger partial charge in [0.25, 0.3) is 5.91 Å². The van der Waals surface area contributed by atoms with Crippen molar-refractivity contribution in [2.24, 2.45) is 0 Å². The lowest BCUT2D eigenvalue weighted by molar-refractivity contribution is -0.143. The fourth-order valence-corrected chi connectivity index (χ4v) is 5.00. The Kier molecular flexibility index (Phi) is 9.15. The summed E-state index contributed by atoms with van der Waals surface area (Å²) in [6.07, 6.45) is -9.97. The molecule has 1 fully saturated rings. The minimum atomic E-state index is -5.08. The normalized spacial score (nSPS) is 16.3. The molecule has 1 saturated heterocycles. The summed E-state index contributed by atoms with van der Waals surface area (Å²) in [7, 11) is 2.59. The van der Waals surface area contributed by atoms with E-state index in [0.717, 1.165) is 5.56 Å². The maximum absolute atomic E-state index is 13.6. The number of ether oxygens (including phenoxy) is 2. The van der Waals surface area contributed by atoms with E-state index < -0.39 is 47.0 Å². The second-order valence-electron chi connectivity index (χ2n) is 9.90. The highest BCUT2D eigenvalue weighted by Crippen LogP contribution is 2.37. The van der Waals surface area contributed by atoms with E-state index in [2.05, 4.69) is 4.90 Å². The molecule has 0 aromatic heterocycles. The topological polar surface area (TPSA) is 59.1 Å². The molecule has 0 unspecified atom stereocenters. The van der Waals surface area contributed by atoms with Crippen molar-refractivity contribution in [2.45, 2.75) is 31.4 Å². The lowest BCUT2D eigenvalue weighted by Crippen LogP contribution is -2.55. The Morgan fingerprint density at radius 2 is 1.48 bits per heavy atom. The molecule has 1 amide bonds. The molecule has 12 heteroatoms. The molecule has 0 radical (unpaired) electrons. The first kappa shape index (κ1) is 30.9. The van der Waals surface area contributed by atoms with Crippen LogP contribution in [0.1, 0.15) is 43.0 Å². The molecule has 0 spiro atoms. The average Bonchev–Trinajstić information content (AvgIpc) is 2.96. The van der Waals surface area contributed by atoms with Gasteiger partial charge in [-0.2, -0.15) is 26.3 Å². The van der Waals surface area contributed by atoms with E-state index in [9.17, 15) is 35.9 Å². The maximum atomic E-state index is 13.6. The van der Waals surface area contributed by atoms with Crippen LogP contribution < -0.4 is 4.74 Å². The van der Waals surface area contributed by atoms with Crippen molar-refractivity contribution in [3.63, 3.8) is 0 Å². The third-order valence-electron chi connectivity index (χ3n) is 7.05. The molecule has 0 saturated carbocycles. The van der Waals surface area contributed by atoms with Crippen LogP contribution in [0.15, 0.2) is 66.7 Å². The Labute approximate surface area is 238 Å². The Bertz CT molecular complexity index is 1390. The number of alkyl halides is 6. The molecule has 3 aromatic rings. The lowest BCUT2D eigenvalue weighted by atomic mass is 9.98. The van der Waals surface area contributed by atoms with Crippen molar-refractivity contribution in [1.29, 1.82) is 0 Å². The summed E-state index contributed by atoms with van der Waals surface area (Å²) in [5.74, 6) is -1.33. The number of carbonyl (C=O) groups excluding carboxylic acids is 2. The second-order valence-corrected chi connectivity index (χ2v) is 9.90. The van der Waals surface area contributed by atoms with Gasteiger partial charge in [-0.25, -0.2) is 4.79 Å². The van der Waals surface area contributed by atoms with Gasteiger partial charge in [0.1, 0.15) is 11.3 Å². The molecule has 1 atom stereocenters. The molecular formula is C30H28F6N2O4. The van der Waals surface area contributed by atoms with E-state index >= 15 is 0 Å². The number of piperazine rings is 1. The van der Waals surface area contributed by atoms with Gasteiger partial charge >= 0.3 is 18.3 Å². The van der Waals surface area contributed by atoms with Gasteiger partial charge in [-0.1, -0.05) is 36.4 Å². The first-order valence-electron chi connectivity index (χ1n) is 12.9. The molecule has 224 valence electrons. The minimum Gasteiger partial charge on any atom is -0.496 e. The molecule has 1 aliphatic heterocycles. The van der Waals surface area contributed by atoms with Crippen LogP contribution in [0.4, 0.5) is 26.3 Å². The largest absolute Gasteiger partial charge is 0.496 e. The van der Waals surface area contributed by atoms with Gasteiger partial charge < -0.3 is 14.4 Å². The zero-order valence-corrected chi connectivity index (χ0v) is 22.8. The van der Waals surface area contributed by atoms with Crippen LogP contribution in [0.5, 0.6) is 5.75 Å². The number of carbonyl (C=O) groups is 2. The average molecular weight is 595 g/mol. The minimum absolute atomic E-state index is 0.00119. The predicted octanol–water partition coefficient (Wildman–Crippen LogP) is 6.09. The van der Waals surface area contributed by atoms with E-state index in [0.29, 0.717) is 37.3 Å². The Hall–Kier alpha value is -4.06. The number of hydrogen-bond donors (Lipinski definition) is 0. The zero-order chi connectivity index (χ0) is 30.7. The van der Waals surface area contributed by atoms with E-state index in [1.807, 2.05) is 30.3 Å². The highest BCUT2D eigenvalue weighted by molar-refractivity contribution is 5.95.